The number of aromatic nitrogens is 3. The van der Waals surface area contributed by atoms with E-state index in [1.54, 1.807) is 24.3 Å². The number of rotatable bonds is 6. The summed E-state index contributed by atoms with van der Waals surface area (Å²) in [5.74, 6) is -2.18. The number of hydrogen-bond donors (Lipinski definition) is 3. The molecule has 0 bridgehead atoms. The van der Waals surface area contributed by atoms with Crippen molar-refractivity contribution in [1.82, 2.24) is 20.1 Å². The van der Waals surface area contributed by atoms with E-state index in [-0.39, 0.29) is 17.1 Å². The second-order valence-electron chi connectivity index (χ2n) is 6.82. The minimum atomic E-state index is -1.28. The molecule has 2 aromatic heterocycles. The number of ether oxygens (including phenoxy) is 1. The smallest absolute Gasteiger partial charge is 0.322 e. The lowest BCUT2D eigenvalue weighted by Gasteiger charge is -2.12. The molecule has 2 heterocycles. The Labute approximate surface area is 170 Å². The normalized spacial score (nSPS) is 10.9. The van der Waals surface area contributed by atoms with E-state index < -0.39 is 35.3 Å². The number of benzene rings is 1. The largest absolute Gasteiger partial charge is 0.506 e. The van der Waals surface area contributed by atoms with Crippen molar-refractivity contribution in [2.75, 3.05) is 6.54 Å². The zero-order valence-corrected chi connectivity index (χ0v) is 16.5. The number of hydrogen-bond acceptors (Lipinski definition) is 7. The van der Waals surface area contributed by atoms with Crippen LogP contribution in [0, 0.1) is 0 Å². The van der Waals surface area contributed by atoms with Crippen molar-refractivity contribution in [3.8, 4) is 22.8 Å². The lowest BCUT2D eigenvalue weighted by atomic mass is 10.1. The minimum Gasteiger partial charge on any atom is -0.506 e. The molecule has 0 radical (unpaired) electrons. The second kappa shape index (κ2) is 8.19. The van der Waals surface area contributed by atoms with Crippen LogP contribution in [-0.2, 0) is 11.8 Å². The molecule has 1 amide bonds. The van der Waals surface area contributed by atoms with Crippen LogP contribution >= 0.6 is 0 Å². The van der Waals surface area contributed by atoms with Crippen LogP contribution in [0.3, 0.4) is 0 Å². The van der Waals surface area contributed by atoms with Crippen LogP contribution in [0.1, 0.15) is 24.2 Å². The van der Waals surface area contributed by atoms with Crippen molar-refractivity contribution in [3.05, 3.63) is 46.2 Å². The molecule has 0 atom stereocenters. The van der Waals surface area contributed by atoms with Crippen LogP contribution in [-0.4, -0.2) is 49.5 Å². The van der Waals surface area contributed by atoms with Crippen LogP contribution in [0.2, 0.25) is 0 Å². The average molecular weight is 412 g/mol. The SMILES string of the molecule is CC(C)Oc1ccc(-c2cc3c(O)c(C(=O)NCC(=O)O)c(=O)n(C)c3nn2)cc1. The molecular formula is C20H20N4O6. The summed E-state index contributed by atoms with van der Waals surface area (Å²) in [6.07, 6.45) is 0.0280. The van der Waals surface area contributed by atoms with Crippen molar-refractivity contribution in [1.29, 1.82) is 0 Å². The fourth-order valence-electron chi connectivity index (χ4n) is 2.87. The summed E-state index contributed by atoms with van der Waals surface area (Å²) >= 11 is 0. The lowest BCUT2D eigenvalue weighted by Crippen LogP contribution is -2.35. The summed E-state index contributed by atoms with van der Waals surface area (Å²) in [5, 5.41) is 29.6. The zero-order valence-electron chi connectivity index (χ0n) is 16.5. The van der Waals surface area contributed by atoms with Crippen LogP contribution in [0.5, 0.6) is 11.5 Å². The van der Waals surface area contributed by atoms with Crippen LogP contribution in [0.25, 0.3) is 22.3 Å². The first-order chi connectivity index (χ1) is 14.2. The van der Waals surface area contributed by atoms with Gasteiger partial charge in [0.05, 0.1) is 17.2 Å². The van der Waals surface area contributed by atoms with Gasteiger partial charge in [0.2, 0.25) is 0 Å². The van der Waals surface area contributed by atoms with Crippen LogP contribution < -0.4 is 15.6 Å². The molecule has 0 aliphatic rings. The third kappa shape index (κ3) is 4.07. The maximum absolute atomic E-state index is 12.5. The standard InChI is InChI=1S/C20H20N4O6/c1-10(2)30-12-6-4-11(5-7-12)14-8-13-17(27)16(19(28)21-9-15(25)26)20(29)24(3)18(13)23-22-14/h4-8,10,27H,9H2,1-3H3,(H,21,28)(H,25,26). The van der Waals surface area contributed by atoms with Gasteiger partial charge in [-0.15, -0.1) is 10.2 Å². The number of fused-ring (bicyclic) bond motifs is 1. The first-order valence-electron chi connectivity index (χ1n) is 9.05. The maximum atomic E-state index is 12.5. The topological polar surface area (TPSA) is 144 Å². The highest BCUT2D eigenvalue weighted by molar-refractivity contribution is 6.02. The number of aromatic hydroxyl groups is 1. The average Bonchev–Trinajstić information content (AvgIpc) is 2.70. The zero-order chi connectivity index (χ0) is 22.0. The number of aliphatic carboxylic acids is 1. The van der Waals surface area contributed by atoms with E-state index in [0.29, 0.717) is 17.0 Å². The Morgan fingerprint density at radius 2 is 1.87 bits per heavy atom. The number of carboxylic acids is 1. The predicted octanol–water partition coefficient (Wildman–Crippen LogP) is 1.30. The number of carbonyl (C=O) groups excluding carboxylic acids is 1. The first kappa shape index (κ1) is 20.8. The molecule has 10 heteroatoms. The Morgan fingerprint density at radius 1 is 1.20 bits per heavy atom. The minimum absolute atomic E-state index is 0.0280. The molecule has 10 nitrogen and oxygen atoms in total. The summed E-state index contributed by atoms with van der Waals surface area (Å²) < 4.78 is 6.68. The van der Waals surface area contributed by atoms with Gasteiger partial charge in [0.15, 0.2) is 5.65 Å². The highest BCUT2D eigenvalue weighted by Crippen LogP contribution is 2.29. The van der Waals surface area contributed by atoms with Gasteiger partial charge in [0.25, 0.3) is 11.5 Å². The molecule has 3 N–H and O–H groups in total. The van der Waals surface area contributed by atoms with E-state index in [1.807, 2.05) is 13.8 Å². The molecular weight excluding hydrogens is 392 g/mol. The van der Waals surface area contributed by atoms with Gasteiger partial charge >= 0.3 is 5.97 Å². The third-order valence-corrected chi connectivity index (χ3v) is 4.25. The molecule has 3 rings (SSSR count). The molecule has 1 aromatic carbocycles. The molecule has 0 saturated carbocycles. The van der Waals surface area contributed by atoms with Crippen molar-refractivity contribution >= 4 is 22.9 Å². The molecule has 0 unspecified atom stereocenters. The van der Waals surface area contributed by atoms with Crippen molar-refractivity contribution in [2.45, 2.75) is 20.0 Å². The van der Waals surface area contributed by atoms with E-state index in [9.17, 15) is 19.5 Å². The first-order valence-corrected chi connectivity index (χ1v) is 9.05. The number of nitrogens with one attached hydrogen (secondary N) is 1. The van der Waals surface area contributed by atoms with Gasteiger partial charge in [-0.05, 0) is 44.2 Å². The highest BCUT2D eigenvalue weighted by Gasteiger charge is 2.23. The van der Waals surface area contributed by atoms with Gasteiger partial charge in [-0.25, -0.2) is 0 Å². The Hall–Kier alpha value is -3.95. The highest BCUT2D eigenvalue weighted by atomic mass is 16.5. The van der Waals surface area contributed by atoms with Gasteiger partial charge < -0.3 is 20.3 Å². The summed E-state index contributed by atoms with van der Waals surface area (Å²) in [6, 6.07) is 8.59. The molecule has 30 heavy (non-hydrogen) atoms. The van der Waals surface area contributed by atoms with E-state index in [1.165, 1.54) is 13.1 Å². The van der Waals surface area contributed by atoms with Crippen LogP contribution in [0.4, 0.5) is 0 Å². The van der Waals surface area contributed by atoms with Crippen molar-refractivity contribution in [3.63, 3.8) is 0 Å². The number of nitrogens with zero attached hydrogens (tertiary/aromatic N) is 3. The summed E-state index contributed by atoms with van der Waals surface area (Å²) in [6.45, 7) is 3.14. The molecule has 0 aliphatic heterocycles. The fourth-order valence-corrected chi connectivity index (χ4v) is 2.87. The van der Waals surface area contributed by atoms with E-state index in [0.717, 1.165) is 4.57 Å². The quantitative estimate of drug-likeness (QED) is 0.550. The third-order valence-electron chi connectivity index (χ3n) is 4.25. The summed E-state index contributed by atoms with van der Waals surface area (Å²) in [5.41, 5.74) is -0.211. The Kier molecular flexibility index (Phi) is 5.67. The van der Waals surface area contributed by atoms with Crippen molar-refractivity contribution in [2.24, 2.45) is 7.05 Å². The number of aryl methyl sites for hydroxylation is 1. The fraction of sp³-hybridized carbons (Fsp3) is 0.250. The molecule has 0 saturated heterocycles. The van der Waals surface area contributed by atoms with E-state index in [4.69, 9.17) is 9.84 Å². The number of amides is 1. The maximum Gasteiger partial charge on any atom is 0.322 e. The van der Waals surface area contributed by atoms with Gasteiger partial charge in [-0.2, -0.15) is 0 Å². The molecule has 0 fully saturated rings. The van der Waals surface area contributed by atoms with E-state index >= 15 is 0 Å². The summed E-state index contributed by atoms with van der Waals surface area (Å²) in [7, 11) is 1.38. The molecule has 0 aliphatic carbocycles. The summed E-state index contributed by atoms with van der Waals surface area (Å²) in [4.78, 5) is 35.4. The van der Waals surface area contributed by atoms with Gasteiger partial charge in [0, 0.05) is 12.6 Å². The Bertz CT molecular complexity index is 1180. The monoisotopic (exact) mass is 412 g/mol. The van der Waals surface area contributed by atoms with Gasteiger partial charge in [-0.3, -0.25) is 19.0 Å². The van der Waals surface area contributed by atoms with Crippen LogP contribution in [0.15, 0.2) is 35.1 Å². The Balaban J connectivity index is 2.08. The Morgan fingerprint density at radius 3 is 2.47 bits per heavy atom. The predicted molar refractivity (Wildman–Crippen MR) is 108 cm³/mol. The van der Waals surface area contributed by atoms with Gasteiger partial charge in [-0.1, -0.05) is 0 Å². The van der Waals surface area contributed by atoms with E-state index in [2.05, 4.69) is 15.5 Å². The molecule has 0 spiro atoms. The van der Waals surface area contributed by atoms with Crippen molar-refractivity contribution < 1.29 is 24.5 Å². The number of carbonyl (C=O) groups is 2. The molecule has 3 aromatic rings. The number of carboxylic acid groups (broad SMARTS) is 1. The molecule has 156 valence electrons. The van der Waals surface area contributed by atoms with Gasteiger partial charge in [0.1, 0.15) is 23.6 Å². The second-order valence-corrected chi connectivity index (χ2v) is 6.82. The number of pyridine rings is 1. The lowest BCUT2D eigenvalue weighted by molar-refractivity contribution is -0.135.